The number of rotatable bonds is 4. The fraction of sp³-hybridized carbons (Fsp3) is 0.333. The fourth-order valence-electron chi connectivity index (χ4n) is 1.67. The van der Waals surface area contributed by atoms with Crippen LogP contribution in [0.25, 0.3) is 0 Å². The summed E-state index contributed by atoms with van der Waals surface area (Å²) in [5.74, 6) is 0. The molecule has 0 saturated heterocycles. The number of hydrogen-bond donors (Lipinski definition) is 3. The quantitative estimate of drug-likeness (QED) is 0.707. The molecule has 0 fully saturated rings. The normalized spacial score (nSPS) is 15.9. The third kappa shape index (κ3) is 3.48. The van der Waals surface area contributed by atoms with E-state index < -0.39 is 9.84 Å². The minimum atomic E-state index is -3.12. The molecule has 1 aromatic carbocycles. The Hall–Kier alpha value is -1.53. The number of hydrogen-bond acceptors (Lipinski definition) is 5. The zero-order chi connectivity index (χ0) is 13.0. The first-order chi connectivity index (χ1) is 8.55. The molecule has 98 valence electrons. The topological polar surface area (TPSA) is 70.2 Å². The summed E-state index contributed by atoms with van der Waals surface area (Å²) in [6, 6.07) is 6.67. The van der Waals surface area contributed by atoms with E-state index in [1.807, 2.05) is 0 Å². The van der Waals surface area contributed by atoms with Gasteiger partial charge in [-0.25, -0.2) is 8.42 Å². The number of hydrazine groups is 1. The fourth-order valence-corrected chi connectivity index (χ4v) is 2.30. The molecule has 18 heavy (non-hydrogen) atoms. The molecule has 0 aliphatic carbocycles. The molecule has 2 rings (SSSR count). The molecule has 0 bridgehead atoms. The number of sulfone groups is 1. The van der Waals surface area contributed by atoms with E-state index in [1.54, 1.807) is 24.3 Å². The summed E-state index contributed by atoms with van der Waals surface area (Å²) in [6.07, 6.45) is 4.24. The van der Waals surface area contributed by atoms with Crippen molar-refractivity contribution in [1.82, 2.24) is 10.7 Å². The largest absolute Gasteiger partial charge is 0.313 e. The molecule has 1 heterocycles. The van der Waals surface area contributed by atoms with Crippen molar-refractivity contribution in [2.24, 2.45) is 0 Å². The summed E-state index contributed by atoms with van der Waals surface area (Å²) in [5.41, 5.74) is 8.14. The van der Waals surface area contributed by atoms with Crippen LogP contribution >= 0.6 is 0 Å². The van der Waals surface area contributed by atoms with Crippen molar-refractivity contribution in [3.8, 4) is 0 Å². The van der Waals surface area contributed by atoms with Gasteiger partial charge in [0.15, 0.2) is 9.84 Å². The lowest BCUT2D eigenvalue weighted by Gasteiger charge is -2.17. The smallest absolute Gasteiger partial charge is 0.175 e. The maximum Gasteiger partial charge on any atom is 0.175 e. The molecule has 0 amide bonds. The van der Waals surface area contributed by atoms with Crippen LogP contribution < -0.4 is 16.2 Å². The van der Waals surface area contributed by atoms with Crippen molar-refractivity contribution >= 4 is 15.5 Å². The van der Waals surface area contributed by atoms with Crippen LogP contribution in [-0.4, -0.2) is 27.8 Å². The van der Waals surface area contributed by atoms with Crippen molar-refractivity contribution < 1.29 is 8.42 Å². The van der Waals surface area contributed by atoms with Crippen LogP contribution in [0, 0.1) is 0 Å². The molecule has 1 aliphatic rings. The molecule has 0 saturated carbocycles. The molecule has 1 aromatic rings. The summed E-state index contributed by atoms with van der Waals surface area (Å²) >= 11 is 0. The molecule has 0 aromatic heterocycles. The predicted octanol–water partition coefficient (Wildman–Crippen LogP) is 0.884. The van der Waals surface area contributed by atoms with Crippen molar-refractivity contribution in [2.75, 3.05) is 24.8 Å². The Kier molecular flexibility index (Phi) is 3.88. The second-order valence-corrected chi connectivity index (χ2v) is 6.25. The van der Waals surface area contributed by atoms with Crippen LogP contribution in [0.5, 0.6) is 0 Å². The third-order valence-corrected chi connectivity index (χ3v) is 3.84. The lowest BCUT2D eigenvalue weighted by Crippen LogP contribution is -2.29. The van der Waals surface area contributed by atoms with Gasteiger partial charge < -0.3 is 16.2 Å². The molecule has 6 heteroatoms. The molecule has 3 N–H and O–H groups in total. The van der Waals surface area contributed by atoms with Crippen molar-refractivity contribution in [1.29, 1.82) is 0 Å². The van der Waals surface area contributed by atoms with Crippen molar-refractivity contribution in [2.45, 2.75) is 11.3 Å². The van der Waals surface area contributed by atoms with Gasteiger partial charge in [0, 0.05) is 31.5 Å². The Morgan fingerprint density at radius 2 is 1.89 bits per heavy atom. The van der Waals surface area contributed by atoms with E-state index in [4.69, 9.17) is 0 Å². The first-order valence-corrected chi connectivity index (χ1v) is 7.67. The SMILES string of the molecule is CS(=O)(=O)c1ccc(NNC2=CCNCC2)cc1. The van der Waals surface area contributed by atoms with Crippen LogP contribution in [0.15, 0.2) is 40.9 Å². The van der Waals surface area contributed by atoms with E-state index in [9.17, 15) is 8.42 Å². The predicted molar refractivity (Wildman–Crippen MR) is 71.9 cm³/mol. The summed E-state index contributed by atoms with van der Waals surface area (Å²) in [4.78, 5) is 0.328. The van der Waals surface area contributed by atoms with Crippen LogP contribution in [0.2, 0.25) is 0 Å². The molecular formula is C12H17N3O2S. The van der Waals surface area contributed by atoms with Gasteiger partial charge in [-0.1, -0.05) is 0 Å². The van der Waals surface area contributed by atoms with Gasteiger partial charge in [-0.2, -0.15) is 0 Å². The van der Waals surface area contributed by atoms with Crippen molar-refractivity contribution in [3.05, 3.63) is 36.0 Å². The maximum absolute atomic E-state index is 11.3. The highest BCUT2D eigenvalue weighted by Gasteiger charge is 2.06. The van der Waals surface area contributed by atoms with Gasteiger partial charge in [-0.05, 0) is 30.3 Å². The van der Waals surface area contributed by atoms with E-state index in [1.165, 1.54) is 6.26 Å². The van der Waals surface area contributed by atoms with Gasteiger partial charge in [0.05, 0.1) is 10.6 Å². The maximum atomic E-state index is 11.3. The lowest BCUT2D eigenvalue weighted by atomic mass is 10.2. The van der Waals surface area contributed by atoms with Gasteiger partial charge in [-0.3, -0.25) is 0 Å². The van der Waals surface area contributed by atoms with Gasteiger partial charge >= 0.3 is 0 Å². The van der Waals surface area contributed by atoms with Gasteiger partial charge in [-0.15, -0.1) is 0 Å². The highest BCUT2D eigenvalue weighted by Crippen LogP contribution is 2.13. The molecule has 5 nitrogen and oxygen atoms in total. The van der Waals surface area contributed by atoms with E-state index in [2.05, 4.69) is 22.2 Å². The minimum Gasteiger partial charge on any atom is -0.313 e. The highest BCUT2D eigenvalue weighted by molar-refractivity contribution is 7.90. The lowest BCUT2D eigenvalue weighted by molar-refractivity contribution is 0.602. The van der Waals surface area contributed by atoms with Crippen molar-refractivity contribution in [3.63, 3.8) is 0 Å². The average molecular weight is 267 g/mol. The van der Waals surface area contributed by atoms with E-state index >= 15 is 0 Å². The van der Waals surface area contributed by atoms with E-state index in [-0.39, 0.29) is 0 Å². The summed E-state index contributed by atoms with van der Waals surface area (Å²) in [7, 11) is -3.12. The van der Waals surface area contributed by atoms with E-state index in [0.29, 0.717) is 4.90 Å². The number of anilines is 1. The second kappa shape index (κ2) is 5.41. The molecule has 0 radical (unpaired) electrons. The first-order valence-electron chi connectivity index (χ1n) is 5.77. The van der Waals surface area contributed by atoms with E-state index in [0.717, 1.165) is 30.9 Å². The molecule has 0 atom stereocenters. The number of benzene rings is 1. The summed E-state index contributed by atoms with van der Waals surface area (Å²) < 4.78 is 22.6. The molecule has 0 unspecified atom stereocenters. The Morgan fingerprint density at radius 1 is 1.17 bits per heavy atom. The van der Waals surface area contributed by atoms with Gasteiger partial charge in [0.2, 0.25) is 0 Å². The van der Waals surface area contributed by atoms with Gasteiger partial charge in [0.25, 0.3) is 0 Å². The first kappa shape index (κ1) is 12.9. The summed E-state index contributed by atoms with van der Waals surface area (Å²) in [6.45, 7) is 1.84. The standard InChI is InChI=1S/C12H17N3O2S/c1-18(16,17)12-4-2-10(3-5-12)14-15-11-6-8-13-9-7-11/h2-6,13-15H,7-9H2,1H3. The van der Waals surface area contributed by atoms with Crippen LogP contribution in [0.3, 0.4) is 0 Å². The van der Waals surface area contributed by atoms with Crippen LogP contribution in [0.1, 0.15) is 6.42 Å². The molecular weight excluding hydrogens is 250 g/mol. The molecule has 1 aliphatic heterocycles. The minimum absolute atomic E-state index is 0.328. The van der Waals surface area contributed by atoms with Crippen LogP contribution in [0.4, 0.5) is 5.69 Å². The number of nitrogens with one attached hydrogen (secondary N) is 3. The molecule has 0 spiro atoms. The second-order valence-electron chi connectivity index (χ2n) is 4.23. The van der Waals surface area contributed by atoms with Crippen LogP contribution in [-0.2, 0) is 9.84 Å². The average Bonchev–Trinajstić information content (AvgIpc) is 2.37. The summed E-state index contributed by atoms with van der Waals surface area (Å²) in [5, 5.41) is 3.23. The Balaban J connectivity index is 1.96. The Labute approximate surface area is 107 Å². The zero-order valence-corrected chi connectivity index (χ0v) is 11.0. The monoisotopic (exact) mass is 267 g/mol. The van der Waals surface area contributed by atoms with Gasteiger partial charge in [0.1, 0.15) is 0 Å². The zero-order valence-electron chi connectivity index (χ0n) is 10.2. The Bertz CT molecular complexity index is 535. The third-order valence-electron chi connectivity index (χ3n) is 2.71. The Morgan fingerprint density at radius 3 is 2.44 bits per heavy atom. The highest BCUT2D eigenvalue weighted by atomic mass is 32.2.